The zero-order chi connectivity index (χ0) is 25.7. The van der Waals surface area contributed by atoms with Crippen molar-refractivity contribution < 1.29 is 19.2 Å². The molecule has 0 unspecified atom stereocenters. The lowest BCUT2D eigenvalue weighted by molar-refractivity contribution is -0.385. The number of nitro groups is 1. The van der Waals surface area contributed by atoms with Crippen molar-refractivity contribution in [2.24, 2.45) is 5.10 Å². The molecule has 0 N–H and O–H groups in total. The number of fused-ring (bicyclic) bond motifs is 1. The molecule has 35 heavy (non-hydrogen) atoms. The number of nitrogens with zero attached hydrogens (tertiary/aromatic N) is 4. The summed E-state index contributed by atoms with van der Waals surface area (Å²) in [5.74, 6) is -0.278. The molecule has 11 heteroatoms. The number of esters is 1. The van der Waals surface area contributed by atoms with Crippen molar-refractivity contribution in [2.75, 3.05) is 6.61 Å². The summed E-state index contributed by atoms with van der Waals surface area (Å²) < 4.78 is 12.2. The van der Waals surface area contributed by atoms with Gasteiger partial charge >= 0.3 is 11.7 Å². The van der Waals surface area contributed by atoms with E-state index in [0.717, 1.165) is 10.9 Å². The van der Waals surface area contributed by atoms with Crippen LogP contribution >= 0.6 is 15.9 Å². The topological polar surface area (TPSA) is 126 Å². The normalized spacial score (nSPS) is 12.3. The van der Waals surface area contributed by atoms with Gasteiger partial charge in [-0.1, -0.05) is 29.8 Å². The van der Waals surface area contributed by atoms with Gasteiger partial charge in [-0.05, 0) is 50.6 Å². The van der Waals surface area contributed by atoms with Crippen LogP contribution in [0, 0.1) is 10.1 Å². The van der Waals surface area contributed by atoms with Gasteiger partial charge in [0.1, 0.15) is 5.82 Å². The first-order valence-electron chi connectivity index (χ1n) is 11.0. The Labute approximate surface area is 209 Å². The fourth-order valence-electron chi connectivity index (χ4n) is 3.22. The van der Waals surface area contributed by atoms with E-state index in [0.29, 0.717) is 22.3 Å². The molecule has 0 saturated heterocycles. The molecule has 0 fully saturated rings. The second-order valence-corrected chi connectivity index (χ2v) is 9.03. The molecule has 10 nitrogen and oxygen atoms in total. The Bertz CT molecular complexity index is 1350. The van der Waals surface area contributed by atoms with Crippen LogP contribution in [0.1, 0.15) is 51.4 Å². The quantitative estimate of drug-likeness (QED) is 0.164. The molecule has 0 aliphatic heterocycles. The van der Waals surface area contributed by atoms with Crippen LogP contribution in [0.3, 0.4) is 0 Å². The van der Waals surface area contributed by atoms with Crippen LogP contribution in [0.4, 0.5) is 5.69 Å². The highest BCUT2D eigenvalue weighted by Gasteiger charge is 2.19. The first-order chi connectivity index (χ1) is 16.6. The van der Waals surface area contributed by atoms with Crippen LogP contribution in [0.25, 0.3) is 10.9 Å². The summed E-state index contributed by atoms with van der Waals surface area (Å²) >= 11 is 3.37. The first-order valence-corrected chi connectivity index (χ1v) is 11.8. The molecule has 0 saturated carbocycles. The fourth-order valence-corrected chi connectivity index (χ4v) is 3.58. The molecule has 1 atom stereocenters. The average molecular weight is 545 g/mol. The summed E-state index contributed by atoms with van der Waals surface area (Å²) in [7, 11) is 0. The lowest BCUT2D eigenvalue weighted by Gasteiger charge is -2.14. The van der Waals surface area contributed by atoms with Crippen LogP contribution in [-0.2, 0) is 9.53 Å². The molecule has 0 spiro atoms. The van der Waals surface area contributed by atoms with Crippen molar-refractivity contribution in [3.05, 3.63) is 72.7 Å². The SMILES string of the molecule is CC[C@H](C)c1nc2ccc(Br)cc2c(=O)n1N=Cc1ccc(OCC(=O)OC(C)C)c([N+](=O)[O-])c1. The molecule has 3 aromatic rings. The van der Waals surface area contributed by atoms with E-state index < -0.39 is 17.5 Å². The molecule has 0 aliphatic carbocycles. The molecule has 0 bridgehead atoms. The van der Waals surface area contributed by atoms with Crippen LogP contribution in [-0.4, -0.2) is 39.5 Å². The van der Waals surface area contributed by atoms with Crippen LogP contribution in [0.15, 0.2) is 50.8 Å². The Hall–Kier alpha value is -3.60. The number of halogens is 1. The first kappa shape index (κ1) is 26.0. The molecule has 0 amide bonds. The highest BCUT2D eigenvalue weighted by atomic mass is 79.9. The van der Waals surface area contributed by atoms with Crippen molar-refractivity contribution in [1.29, 1.82) is 0 Å². The van der Waals surface area contributed by atoms with Crippen LogP contribution in [0.2, 0.25) is 0 Å². The number of hydrogen-bond acceptors (Lipinski definition) is 8. The van der Waals surface area contributed by atoms with Gasteiger partial charge in [0.2, 0.25) is 0 Å². The van der Waals surface area contributed by atoms with E-state index in [1.807, 2.05) is 19.9 Å². The summed E-state index contributed by atoms with van der Waals surface area (Å²) in [5, 5.41) is 16.3. The molecule has 0 aliphatic rings. The van der Waals surface area contributed by atoms with E-state index in [4.69, 9.17) is 9.47 Å². The number of carbonyl (C=O) groups is 1. The molecule has 184 valence electrons. The monoisotopic (exact) mass is 544 g/mol. The maximum Gasteiger partial charge on any atom is 0.344 e. The van der Waals surface area contributed by atoms with Gasteiger partial charge in [-0.25, -0.2) is 9.78 Å². The van der Waals surface area contributed by atoms with E-state index in [1.54, 1.807) is 32.0 Å². The van der Waals surface area contributed by atoms with Gasteiger partial charge < -0.3 is 9.47 Å². The predicted octanol–water partition coefficient (Wildman–Crippen LogP) is 4.79. The molecule has 3 rings (SSSR count). The third-order valence-corrected chi connectivity index (χ3v) is 5.59. The number of nitro benzene ring substituents is 1. The highest BCUT2D eigenvalue weighted by molar-refractivity contribution is 9.10. The molecule has 0 radical (unpaired) electrons. The smallest absolute Gasteiger partial charge is 0.344 e. The second-order valence-electron chi connectivity index (χ2n) is 8.11. The van der Waals surface area contributed by atoms with E-state index in [2.05, 4.69) is 26.0 Å². The Balaban J connectivity index is 1.98. The van der Waals surface area contributed by atoms with E-state index in [9.17, 15) is 19.7 Å². The Morgan fingerprint density at radius 2 is 2.00 bits per heavy atom. The Morgan fingerprint density at radius 1 is 1.26 bits per heavy atom. The molecule has 1 aromatic heterocycles. The largest absolute Gasteiger partial charge is 0.475 e. The summed E-state index contributed by atoms with van der Waals surface area (Å²) in [6.45, 7) is 6.85. The lowest BCUT2D eigenvalue weighted by atomic mass is 10.1. The van der Waals surface area contributed by atoms with Gasteiger partial charge in [-0.3, -0.25) is 14.9 Å². The van der Waals surface area contributed by atoms with Gasteiger partial charge in [0.15, 0.2) is 12.4 Å². The number of benzene rings is 2. The summed E-state index contributed by atoms with van der Waals surface area (Å²) in [6, 6.07) is 9.42. The van der Waals surface area contributed by atoms with E-state index in [1.165, 1.54) is 23.0 Å². The maximum atomic E-state index is 13.2. The average Bonchev–Trinajstić information content (AvgIpc) is 2.81. The second kappa shape index (κ2) is 11.2. The van der Waals surface area contributed by atoms with Crippen molar-refractivity contribution in [3.63, 3.8) is 0 Å². The molecular weight excluding hydrogens is 520 g/mol. The molecule has 2 aromatic carbocycles. The van der Waals surface area contributed by atoms with Gasteiger partial charge in [0.05, 0.1) is 28.1 Å². The van der Waals surface area contributed by atoms with E-state index in [-0.39, 0.29) is 29.0 Å². The van der Waals surface area contributed by atoms with Crippen molar-refractivity contribution in [1.82, 2.24) is 9.66 Å². The molecule has 1 heterocycles. The summed E-state index contributed by atoms with van der Waals surface area (Å²) in [5.41, 5.74) is 0.237. The third kappa shape index (κ3) is 6.30. The van der Waals surface area contributed by atoms with Gasteiger partial charge in [0, 0.05) is 22.0 Å². The molecular formula is C24H25BrN4O6. The van der Waals surface area contributed by atoms with E-state index >= 15 is 0 Å². The number of ether oxygens (including phenoxy) is 2. The highest BCUT2D eigenvalue weighted by Crippen LogP contribution is 2.28. The Morgan fingerprint density at radius 3 is 2.66 bits per heavy atom. The minimum Gasteiger partial charge on any atom is -0.475 e. The number of aromatic nitrogens is 2. The summed E-state index contributed by atoms with van der Waals surface area (Å²) in [6.07, 6.45) is 1.76. The third-order valence-electron chi connectivity index (χ3n) is 5.10. The fraction of sp³-hybridized carbons (Fsp3) is 0.333. The zero-order valence-electron chi connectivity index (χ0n) is 19.7. The minimum atomic E-state index is -0.632. The standard InChI is InChI=1S/C24H25BrN4O6/c1-5-15(4)23-27-19-8-7-17(25)11-18(19)24(31)28(23)26-12-16-6-9-21(20(10-16)29(32)33)34-13-22(30)35-14(2)3/h6-12,14-15H,5,13H2,1-4H3/t15-/m0/s1. The van der Waals surface area contributed by atoms with Crippen LogP contribution in [0.5, 0.6) is 5.75 Å². The van der Waals surface area contributed by atoms with Crippen LogP contribution < -0.4 is 10.3 Å². The predicted molar refractivity (Wildman–Crippen MR) is 135 cm³/mol. The lowest BCUT2D eigenvalue weighted by Crippen LogP contribution is -2.23. The van der Waals surface area contributed by atoms with Gasteiger partial charge in [0.25, 0.3) is 5.56 Å². The van der Waals surface area contributed by atoms with Gasteiger partial charge in [-0.2, -0.15) is 9.78 Å². The van der Waals surface area contributed by atoms with Crippen molar-refractivity contribution >= 4 is 44.7 Å². The number of rotatable bonds is 9. The maximum absolute atomic E-state index is 13.2. The summed E-state index contributed by atoms with van der Waals surface area (Å²) in [4.78, 5) is 40.5. The van der Waals surface area contributed by atoms with Crippen molar-refractivity contribution in [2.45, 2.75) is 46.1 Å². The van der Waals surface area contributed by atoms with Gasteiger partial charge in [-0.15, -0.1) is 0 Å². The zero-order valence-corrected chi connectivity index (χ0v) is 21.3. The minimum absolute atomic E-state index is 0.0522. The number of carbonyl (C=O) groups excluding carboxylic acids is 1. The number of hydrogen-bond donors (Lipinski definition) is 0. The Kier molecular flexibility index (Phi) is 8.34. The van der Waals surface area contributed by atoms with Crippen molar-refractivity contribution in [3.8, 4) is 5.75 Å².